The maximum atomic E-state index is 12.4. The van der Waals surface area contributed by atoms with Crippen molar-refractivity contribution in [3.05, 3.63) is 29.8 Å². The van der Waals surface area contributed by atoms with Gasteiger partial charge in [-0.05, 0) is 50.7 Å². The van der Waals surface area contributed by atoms with Crippen molar-refractivity contribution in [2.24, 2.45) is 0 Å². The van der Waals surface area contributed by atoms with E-state index < -0.39 is 11.7 Å². The maximum absolute atomic E-state index is 12.4. The van der Waals surface area contributed by atoms with Crippen LogP contribution >= 0.6 is 12.4 Å². The minimum atomic E-state index is -4.30. The Balaban J connectivity index is 0.00000361. The van der Waals surface area contributed by atoms with Crippen LogP contribution in [0.15, 0.2) is 24.3 Å². The molecular weight excluding hydrogens is 291 g/mol. The molecule has 0 amide bonds. The summed E-state index contributed by atoms with van der Waals surface area (Å²) in [5, 5.41) is 3.04. The molecule has 0 aromatic heterocycles. The molecule has 1 rings (SSSR count). The van der Waals surface area contributed by atoms with Crippen molar-refractivity contribution in [2.75, 3.05) is 13.6 Å². The summed E-state index contributed by atoms with van der Waals surface area (Å²) in [6.45, 7) is 2.88. The zero-order valence-corrected chi connectivity index (χ0v) is 12.5. The fourth-order valence-electron chi connectivity index (χ4n) is 1.80. The Morgan fingerprint density at radius 1 is 1.15 bits per heavy atom. The molecule has 0 unspecified atom stereocenters. The summed E-state index contributed by atoms with van der Waals surface area (Å²) in [6.07, 6.45) is -1.55. The molecule has 0 radical (unpaired) electrons. The number of hydrogen-bond donors (Lipinski definition) is 1. The smallest absolute Gasteiger partial charge is 0.416 e. The van der Waals surface area contributed by atoms with Gasteiger partial charge in [-0.25, -0.2) is 0 Å². The fraction of sp³-hybridized carbons (Fsp3) is 0.571. The highest BCUT2D eigenvalue weighted by Crippen LogP contribution is 2.30. The summed E-state index contributed by atoms with van der Waals surface area (Å²) in [5.41, 5.74) is -0.651. The largest absolute Gasteiger partial charge is 0.490 e. The molecule has 0 spiro atoms. The van der Waals surface area contributed by atoms with Gasteiger partial charge in [0.25, 0.3) is 0 Å². The first-order valence-electron chi connectivity index (χ1n) is 6.46. The molecular formula is C14H21ClF3NO. The van der Waals surface area contributed by atoms with Gasteiger partial charge in [-0.1, -0.05) is 13.3 Å². The highest BCUT2D eigenvalue weighted by Gasteiger charge is 2.30. The zero-order chi connectivity index (χ0) is 14.3. The average molecular weight is 312 g/mol. The lowest BCUT2D eigenvalue weighted by Gasteiger charge is -2.19. The number of nitrogens with one attached hydrogen (secondary N) is 1. The van der Waals surface area contributed by atoms with Gasteiger partial charge in [-0.15, -0.1) is 12.4 Å². The predicted octanol–water partition coefficient (Wildman–Crippen LogP) is 4.28. The standard InChI is InChI=1S/C14H20F3NO.ClH/c1-3-4-12(9-10-18-2)19-13-7-5-11(6-8-13)14(15,16)17;/h5-8,12,18H,3-4,9-10H2,1-2H3;1H/t12-;/m1./s1. The third kappa shape index (κ3) is 6.48. The Hall–Kier alpha value is -0.940. The van der Waals surface area contributed by atoms with E-state index in [0.29, 0.717) is 5.75 Å². The van der Waals surface area contributed by atoms with E-state index in [1.165, 1.54) is 12.1 Å². The van der Waals surface area contributed by atoms with E-state index in [1.54, 1.807) is 0 Å². The second kappa shape index (κ2) is 9.08. The van der Waals surface area contributed by atoms with Gasteiger partial charge in [0.15, 0.2) is 0 Å². The van der Waals surface area contributed by atoms with E-state index in [2.05, 4.69) is 12.2 Å². The number of halogens is 4. The van der Waals surface area contributed by atoms with Crippen LogP contribution in [0.1, 0.15) is 31.7 Å². The van der Waals surface area contributed by atoms with Crippen LogP contribution < -0.4 is 10.1 Å². The summed E-state index contributed by atoms with van der Waals surface area (Å²) in [7, 11) is 1.86. The minimum absolute atomic E-state index is 0. The first-order chi connectivity index (χ1) is 8.97. The molecule has 0 aliphatic rings. The number of hydrogen-bond acceptors (Lipinski definition) is 2. The Bertz CT molecular complexity index is 368. The number of alkyl halides is 3. The highest BCUT2D eigenvalue weighted by molar-refractivity contribution is 5.85. The van der Waals surface area contributed by atoms with E-state index in [-0.39, 0.29) is 18.5 Å². The molecule has 0 saturated heterocycles. The van der Waals surface area contributed by atoms with E-state index in [0.717, 1.165) is 37.9 Å². The van der Waals surface area contributed by atoms with Crippen LogP contribution in [0.25, 0.3) is 0 Å². The van der Waals surface area contributed by atoms with Gasteiger partial charge in [-0.2, -0.15) is 13.2 Å². The molecule has 1 aromatic rings. The molecule has 1 aromatic carbocycles. The minimum Gasteiger partial charge on any atom is -0.490 e. The van der Waals surface area contributed by atoms with E-state index in [4.69, 9.17) is 4.74 Å². The van der Waals surface area contributed by atoms with E-state index >= 15 is 0 Å². The van der Waals surface area contributed by atoms with Gasteiger partial charge in [0.05, 0.1) is 11.7 Å². The number of ether oxygens (including phenoxy) is 1. The van der Waals surface area contributed by atoms with Crippen LogP contribution in [-0.2, 0) is 6.18 Å². The van der Waals surface area contributed by atoms with Gasteiger partial charge >= 0.3 is 6.18 Å². The number of rotatable bonds is 7. The Kier molecular flexibility index (Phi) is 8.65. The van der Waals surface area contributed by atoms with Gasteiger partial charge in [0, 0.05) is 0 Å². The quantitative estimate of drug-likeness (QED) is 0.811. The van der Waals surface area contributed by atoms with Crippen molar-refractivity contribution in [3.63, 3.8) is 0 Å². The van der Waals surface area contributed by atoms with Crippen molar-refractivity contribution in [3.8, 4) is 5.75 Å². The second-order valence-electron chi connectivity index (χ2n) is 4.44. The Morgan fingerprint density at radius 3 is 2.20 bits per heavy atom. The van der Waals surface area contributed by atoms with Gasteiger partial charge in [0.2, 0.25) is 0 Å². The number of benzene rings is 1. The third-order valence-corrected chi connectivity index (χ3v) is 2.81. The molecule has 0 heterocycles. The summed E-state index contributed by atoms with van der Waals surface area (Å²) in [6, 6.07) is 4.86. The van der Waals surface area contributed by atoms with Crippen molar-refractivity contribution >= 4 is 12.4 Å². The molecule has 0 aliphatic carbocycles. The van der Waals surface area contributed by atoms with Crippen LogP contribution in [0, 0.1) is 0 Å². The molecule has 0 bridgehead atoms. The lowest BCUT2D eigenvalue weighted by Crippen LogP contribution is -2.22. The zero-order valence-electron chi connectivity index (χ0n) is 11.7. The topological polar surface area (TPSA) is 21.3 Å². The van der Waals surface area contributed by atoms with E-state index in [1.807, 2.05) is 7.05 Å². The maximum Gasteiger partial charge on any atom is 0.416 e. The first-order valence-corrected chi connectivity index (χ1v) is 6.46. The SMILES string of the molecule is CCC[C@H](CCNC)Oc1ccc(C(F)(F)F)cc1.Cl. The van der Waals surface area contributed by atoms with Gasteiger partial charge in [-0.3, -0.25) is 0 Å². The third-order valence-electron chi connectivity index (χ3n) is 2.81. The molecule has 6 heteroatoms. The highest BCUT2D eigenvalue weighted by atomic mass is 35.5. The molecule has 2 nitrogen and oxygen atoms in total. The molecule has 0 fully saturated rings. The first kappa shape index (κ1) is 19.1. The molecule has 20 heavy (non-hydrogen) atoms. The van der Waals surface area contributed by atoms with Gasteiger partial charge < -0.3 is 10.1 Å². The summed E-state index contributed by atoms with van der Waals surface area (Å²) in [4.78, 5) is 0. The normalized spacial score (nSPS) is 12.7. The summed E-state index contributed by atoms with van der Waals surface area (Å²) < 4.78 is 43.0. The van der Waals surface area contributed by atoms with Crippen LogP contribution in [0.5, 0.6) is 5.75 Å². The van der Waals surface area contributed by atoms with Crippen LogP contribution in [0.2, 0.25) is 0 Å². The van der Waals surface area contributed by atoms with Crippen molar-refractivity contribution < 1.29 is 17.9 Å². The Labute approximate surface area is 124 Å². The summed E-state index contributed by atoms with van der Waals surface area (Å²) in [5.74, 6) is 0.488. The second-order valence-corrected chi connectivity index (χ2v) is 4.44. The molecule has 0 aliphatic heterocycles. The van der Waals surface area contributed by atoms with Crippen LogP contribution in [-0.4, -0.2) is 19.7 Å². The average Bonchev–Trinajstić information content (AvgIpc) is 2.36. The van der Waals surface area contributed by atoms with Crippen LogP contribution in [0.4, 0.5) is 13.2 Å². The predicted molar refractivity (Wildman–Crippen MR) is 76.6 cm³/mol. The Morgan fingerprint density at radius 2 is 1.75 bits per heavy atom. The van der Waals surface area contributed by atoms with E-state index in [9.17, 15) is 13.2 Å². The van der Waals surface area contributed by atoms with Crippen LogP contribution in [0.3, 0.4) is 0 Å². The van der Waals surface area contributed by atoms with Gasteiger partial charge in [0.1, 0.15) is 5.75 Å². The lowest BCUT2D eigenvalue weighted by molar-refractivity contribution is -0.137. The van der Waals surface area contributed by atoms with Crippen molar-refractivity contribution in [2.45, 2.75) is 38.5 Å². The fourth-order valence-corrected chi connectivity index (χ4v) is 1.80. The van der Waals surface area contributed by atoms with Crippen molar-refractivity contribution in [1.29, 1.82) is 0 Å². The van der Waals surface area contributed by atoms with Crippen molar-refractivity contribution in [1.82, 2.24) is 5.32 Å². The monoisotopic (exact) mass is 311 g/mol. The molecule has 1 N–H and O–H groups in total. The summed E-state index contributed by atoms with van der Waals surface area (Å²) >= 11 is 0. The molecule has 0 saturated carbocycles. The lowest BCUT2D eigenvalue weighted by atomic mass is 10.1. The molecule has 116 valence electrons. The molecule has 1 atom stereocenters.